The second-order valence-electron chi connectivity index (χ2n) is 4.42. The minimum atomic E-state index is -0.592. The number of aliphatic hydroxyl groups is 1. The molecule has 110 valence electrons. The number of anilines is 1. The quantitative estimate of drug-likeness (QED) is 0.688. The van der Waals surface area contributed by atoms with E-state index in [0.717, 1.165) is 0 Å². The molecule has 1 atom stereocenters. The largest absolute Gasteiger partial charge is 0.391 e. The zero-order chi connectivity index (χ0) is 15.0. The fourth-order valence-electron chi connectivity index (χ4n) is 1.67. The molecule has 0 aliphatic carbocycles. The van der Waals surface area contributed by atoms with Gasteiger partial charge < -0.3 is 20.5 Å². The molecule has 0 bridgehead atoms. The number of aliphatic hydroxyl groups excluding tert-OH is 1. The van der Waals surface area contributed by atoms with Gasteiger partial charge in [0.2, 0.25) is 5.91 Å². The van der Waals surface area contributed by atoms with Crippen LogP contribution in [0.5, 0.6) is 0 Å². The summed E-state index contributed by atoms with van der Waals surface area (Å²) >= 11 is 0. The summed E-state index contributed by atoms with van der Waals surface area (Å²) in [7, 11) is 1.51. The molecule has 1 rings (SSSR count). The van der Waals surface area contributed by atoms with Crippen LogP contribution in [0.3, 0.4) is 0 Å². The monoisotopic (exact) mass is 280 g/mol. The Balaban J connectivity index is 2.49. The molecule has 6 nitrogen and oxygen atoms in total. The van der Waals surface area contributed by atoms with Crippen LogP contribution in [0.25, 0.3) is 0 Å². The summed E-state index contributed by atoms with van der Waals surface area (Å²) in [5, 5.41) is 14.8. The van der Waals surface area contributed by atoms with E-state index in [1.165, 1.54) is 14.0 Å². The number of carbonyl (C=O) groups is 2. The van der Waals surface area contributed by atoms with Crippen LogP contribution in [0.1, 0.15) is 23.7 Å². The minimum absolute atomic E-state index is 0.190. The van der Waals surface area contributed by atoms with Crippen LogP contribution in [0, 0.1) is 0 Å². The van der Waals surface area contributed by atoms with Gasteiger partial charge in [-0.1, -0.05) is 6.07 Å². The van der Waals surface area contributed by atoms with E-state index >= 15 is 0 Å². The molecule has 0 saturated carbocycles. The summed E-state index contributed by atoms with van der Waals surface area (Å²) in [6.45, 7) is 2.01. The molecule has 6 heteroatoms. The summed E-state index contributed by atoms with van der Waals surface area (Å²) in [5.74, 6) is -0.438. The van der Waals surface area contributed by atoms with Crippen molar-refractivity contribution in [2.24, 2.45) is 0 Å². The maximum Gasteiger partial charge on any atom is 0.251 e. The van der Waals surface area contributed by atoms with Crippen molar-refractivity contribution < 1.29 is 19.4 Å². The summed E-state index contributed by atoms with van der Waals surface area (Å²) in [5.41, 5.74) is 1.03. The van der Waals surface area contributed by atoms with Gasteiger partial charge in [-0.05, 0) is 24.6 Å². The predicted octanol–water partition coefficient (Wildman–Crippen LogP) is 0.772. The van der Waals surface area contributed by atoms with Crippen molar-refractivity contribution in [3.05, 3.63) is 29.8 Å². The molecule has 0 aliphatic rings. The summed E-state index contributed by atoms with van der Waals surface area (Å²) in [6, 6.07) is 6.66. The Hall–Kier alpha value is -1.92. The standard InChI is InChI=1S/C14H20N2O4/c1-10(17)16-12-5-3-4-11(8-12)14(19)15-7-6-13(18)9-20-2/h3-5,8,13,18H,6-7,9H2,1-2H3,(H,15,19)(H,16,17). The van der Waals surface area contributed by atoms with Gasteiger partial charge in [0, 0.05) is 31.8 Å². The lowest BCUT2D eigenvalue weighted by atomic mass is 10.2. The topological polar surface area (TPSA) is 87.7 Å². The smallest absolute Gasteiger partial charge is 0.251 e. The highest BCUT2D eigenvalue weighted by Crippen LogP contribution is 2.10. The predicted molar refractivity (Wildman–Crippen MR) is 75.6 cm³/mol. The molecule has 0 radical (unpaired) electrons. The van der Waals surface area contributed by atoms with E-state index in [0.29, 0.717) is 24.2 Å². The summed E-state index contributed by atoms with van der Waals surface area (Å²) in [4.78, 5) is 22.8. The zero-order valence-corrected chi connectivity index (χ0v) is 11.7. The first-order valence-electron chi connectivity index (χ1n) is 6.35. The molecule has 1 aromatic carbocycles. The molecule has 0 spiro atoms. The molecule has 1 unspecified atom stereocenters. The fraction of sp³-hybridized carbons (Fsp3) is 0.429. The number of nitrogens with one attached hydrogen (secondary N) is 2. The van der Waals surface area contributed by atoms with Gasteiger partial charge in [0.1, 0.15) is 0 Å². The Morgan fingerprint density at radius 1 is 1.40 bits per heavy atom. The van der Waals surface area contributed by atoms with E-state index in [9.17, 15) is 14.7 Å². The average molecular weight is 280 g/mol. The highest BCUT2D eigenvalue weighted by Gasteiger charge is 2.08. The first kappa shape index (κ1) is 16.1. The first-order chi connectivity index (χ1) is 9.52. The molecular formula is C14H20N2O4. The van der Waals surface area contributed by atoms with Crippen LogP contribution >= 0.6 is 0 Å². The molecule has 0 fully saturated rings. The Labute approximate surface area is 118 Å². The Morgan fingerprint density at radius 3 is 2.80 bits per heavy atom. The van der Waals surface area contributed by atoms with Crippen LogP contribution < -0.4 is 10.6 Å². The third kappa shape index (κ3) is 5.81. The van der Waals surface area contributed by atoms with Gasteiger partial charge in [-0.25, -0.2) is 0 Å². The van der Waals surface area contributed by atoms with E-state index < -0.39 is 6.10 Å². The van der Waals surface area contributed by atoms with Crippen molar-refractivity contribution in [2.75, 3.05) is 25.6 Å². The lowest BCUT2D eigenvalue weighted by Gasteiger charge is -2.10. The SMILES string of the molecule is COCC(O)CCNC(=O)c1cccc(NC(C)=O)c1. The van der Waals surface area contributed by atoms with Gasteiger partial charge in [-0.15, -0.1) is 0 Å². The molecule has 1 aromatic rings. The molecule has 3 N–H and O–H groups in total. The van der Waals surface area contributed by atoms with E-state index in [4.69, 9.17) is 4.74 Å². The number of methoxy groups -OCH3 is 1. The van der Waals surface area contributed by atoms with Crippen molar-refractivity contribution in [2.45, 2.75) is 19.4 Å². The van der Waals surface area contributed by atoms with Crippen molar-refractivity contribution in [3.8, 4) is 0 Å². The molecule has 0 aliphatic heterocycles. The second kappa shape index (κ2) is 8.29. The van der Waals surface area contributed by atoms with Gasteiger partial charge in [0.15, 0.2) is 0 Å². The van der Waals surface area contributed by atoms with Gasteiger partial charge >= 0.3 is 0 Å². The highest BCUT2D eigenvalue weighted by atomic mass is 16.5. The first-order valence-corrected chi connectivity index (χ1v) is 6.35. The van der Waals surface area contributed by atoms with Gasteiger partial charge in [-0.3, -0.25) is 9.59 Å². The number of hydrogen-bond donors (Lipinski definition) is 3. The molecule has 0 heterocycles. The highest BCUT2D eigenvalue weighted by molar-refractivity contribution is 5.96. The van der Waals surface area contributed by atoms with E-state index in [2.05, 4.69) is 10.6 Å². The average Bonchev–Trinajstić information content (AvgIpc) is 2.38. The van der Waals surface area contributed by atoms with Crippen LogP contribution in [0.15, 0.2) is 24.3 Å². The molecule has 20 heavy (non-hydrogen) atoms. The van der Waals surface area contributed by atoms with Gasteiger partial charge in [0.25, 0.3) is 5.91 Å². The normalized spacial score (nSPS) is 11.8. The Morgan fingerprint density at radius 2 is 2.15 bits per heavy atom. The summed E-state index contributed by atoms with van der Waals surface area (Å²) in [6.07, 6.45) is -0.170. The van der Waals surface area contributed by atoms with Crippen LogP contribution in [0.2, 0.25) is 0 Å². The summed E-state index contributed by atoms with van der Waals surface area (Å²) < 4.78 is 4.80. The van der Waals surface area contributed by atoms with Crippen LogP contribution in [-0.2, 0) is 9.53 Å². The number of ether oxygens (including phenoxy) is 1. The van der Waals surface area contributed by atoms with Crippen molar-refractivity contribution in [1.29, 1.82) is 0 Å². The van der Waals surface area contributed by atoms with Gasteiger partial charge in [0.05, 0.1) is 12.7 Å². The maximum absolute atomic E-state index is 11.9. The number of rotatable bonds is 7. The third-order valence-corrected chi connectivity index (χ3v) is 2.57. The Kier molecular flexibility index (Phi) is 6.69. The number of amides is 2. The van der Waals surface area contributed by atoms with E-state index in [-0.39, 0.29) is 18.4 Å². The third-order valence-electron chi connectivity index (χ3n) is 2.57. The van der Waals surface area contributed by atoms with Crippen molar-refractivity contribution in [3.63, 3.8) is 0 Å². The van der Waals surface area contributed by atoms with Crippen molar-refractivity contribution >= 4 is 17.5 Å². The lowest BCUT2D eigenvalue weighted by molar-refractivity contribution is -0.114. The second-order valence-corrected chi connectivity index (χ2v) is 4.42. The molecule has 0 saturated heterocycles. The maximum atomic E-state index is 11.9. The molecule has 2 amide bonds. The Bertz CT molecular complexity index is 462. The zero-order valence-electron chi connectivity index (χ0n) is 11.7. The fourth-order valence-corrected chi connectivity index (χ4v) is 1.67. The molecule has 0 aromatic heterocycles. The minimum Gasteiger partial charge on any atom is -0.391 e. The van der Waals surface area contributed by atoms with Gasteiger partial charge in [-0.2, -0.15) is 0 Å². The number of hydrogen-bond acceptors (Lipinski definition) is 4. The van der Waals surface area contributed by atoms with E-state index in [1.54, 1.807) is 24.3 Å². The van der Waals surface area contributed by atoms with E-state index in [1.807, 2.05) is 0 Å². The number of carbonyl (C=O) groups excluding carboxylic acids is 2. The van der Waals surface area contributed by atoms with Crippen LogP contribution in [0.4, 0.5) is 5.69 Å². The van der Waals surface area contributed by atoms with Crippen LogP contribution in [-0.4, -0.2) is 43.3 Å². The van der Waals surface area contributed by atoms with Crippen molar-refractivity contribution in [1.82, 2.24) is 5.32 Å². The molecular weight excluding hydrogens is 260 g/mol. The number of benzene rings is 1. The lowest BCUT2D eigenvalue weighted by Crippen LogP contribution is -2.28.